The maximum Gasteiger partial charge on any atom is 0.573 e. The predicted molar refractivity (Wildman–Crippen MR) is 77.2 cm³/mol. The van der Waals surface area contributed by atoms with Gasteiger partial charge in [0.1, 0.15) is 6.07 Å². The van der Waals surface area contributed by atoms with E-state index in [0.29, 0.717) is 17.0 Å². The number of fused-ring (bicyclic) bond motifs is 1. The number of anilines is 1. The number of aromatic nitrogens is 4. The van der Waals surface area contributed by atoms with Crippen molar-refractivity contribution in [2.75, 3.05) is 5.73 Å². The molecule has 3 aromatic heterocycles. The van der Waals surface area contributed by atoms with Crippen LogP contribution in [0.25, 0.3) is 11.2 Å². The fraction of sp³-hybridized carbons (Fsp3) is 0.214. The van der Waals surface area contributed by atoms with Crippen molar-refractivity contribution in [2.45, 2.75) is 19.7 Å². The van der Waals surface area contributed by atoms with Gasteiger partial charge in [0.15, 0.2) is 17.0 Å². The van der Waals surface area contributed by atoms with Gasteiger partial charge in [0.2, 0.25) is 5.65 Å². The van der Waals surface area contributed by atoms with E-state index in [9.17, 15) is 13.2 Å². The monoisotopic (exact) mass is 350 g/mol. The number of ether oxygens (including phenoxy) is 1. The lowest BCUT2D eigenvalue weighted by molar-refractivity contribution is -0.274. The average Bonchev–Trinajstić information content (AvgIpc) is 2.99. The Kier molecular flexibility index (Phi) is 3.88. The Bertz CT molecular complexity index is 993. The van der Waals surface area contributed by atoms with Gasteiger partial charge in [-0.15, -0.1) is 13.2 Å². The lowest BCUT2D eigenvalue weighted by atomic mass is 10.0. The number of nitrogen functional groups attached to an aromatic ring is 1. The summed E-state index contributed by atoms with van der Waals surface area (Å²) in [5, 5.41) is 16.3. The second-order valence-corrected chi connectivity index (χ2v) is 5.01. The van der Waals surface area contributed by atoms with Crippen LogP contribution in [0.1, 0.15) is 22.6 Å². The molecule has 3 aromatic rings. The van der Waals surface area contributed by atoms with Gasteiger partial charge in [-0.05, 0) is 29.4 Å². The molecule has 0 saturated heterocycles. The Hall–Kier alpha value is -3.42. The zero-order chi connectivity index (χ0) is 18.2. The largest absolute Gasteiger partial charge is 0.573 e. The summed E-state index contributed by atoms with van der Waals surface area (Å²) in [6, 6.07) is 3.92. The van der Waals surface area contributed by atoms with E-state index in [0.717, 1.165) is 6.07 Å². The number of nitrogens with zero attached hydrogens (tertiary/aromatic N) is 5. The zero-order valence-electron chi connectivity index (χ0n) is 12.6. The Morgan fingerprint density at radius 2 is 2.04 bits per heavy atom. The molecule has 0 fully saturated rings. The Labute approximate surface area is 138 Å². The molecule has 0 bridgehead atoms. The van der Waals surface area contributed by atoms with Crippen molar-refractivity contribution >= 4 is 16.9 Å². The first-order chi connectivity index (χ1) is 11.8. The number of hydrogen-bond acceptors (Lipinski definition) is 8. The summed E-state index contributed by atoms with van der Waals surface area (Å²) >= 11 is 0. The van der Waals surface area contributed by atoms with Gasteiger partial charge in [-0.3, -0.25) is 0 Å². The van der Waals surface area contributed by atoms with E-state index >= 15 is 0 Å². The van der Waals surface area contributed by atoms with Crippen LogP contribution < -0.4 is 10.5 Å². The van der Waals surface area contributed by atoms with Gasteiger partial charge in [0.25, 0.3) is 0 Å². The number of nitriles is 1. The smallest absolute Gasteiger partial charge is 0.403 e. The third-order valence-corrected chi connectivity index (χ3v) is 3.37. The number of alkyl halides is 3. The summed E-state index contributed by atoms with van der Waals surface area (Å²) in [6.07, 6.45) is -4.78. The van der Waals surface area contributed by atoms with E-state index in [1.165, 1.54) is 6.07 Å². The summed E-state index contributed by atoms with van der Waals surface area (Å²) < 4.78 is 45.3. The molecule has 0 unspecified atom stereocenters. The number of nitrogens with two attached hydrogens (primary N) is 1. The normalized spacial score (nSPS) is 11.5. The highest BCUT2D eigenvalue weighted by Gasteiger charge is 2.32. The van der Waals surface area contributed by atoms with Crippen molar-refractivity contribution in [3.05, 3.63) is 34.8 Å². The SMILES string of the molecule is Cc1nc2nonc2c(N)c1Cc1ccc(OC(F)(F)F)c(C#N)n1. The Balaban J connectivity index is 1.98. The summed E-state index contributed by atoms with van der Waals surface area (Å²) in [7, 11) is 0. The summed E-state index contributed by atoms with van der Waals surface area (Å²) in [5.74, 6) is -0.669. The zero-order valence-corrected chi connectivity index (χ0v) is 12.6. The third kappa shape index (κ3) is 3.27. The van der Waals surface area contributed by atoms with E-state index < -0.39 is 17.8 Å². The summed E-state index contributed by atoms with van der Waals surface area (Å²) in [6.45, 7) is 1.69. The number of hydrogen-bond donors (Lipinski definition) is 1. The van der Waals surface area contributed by atoms with E-state index in [2.05, 4.69) is 29.6 Å². The molecule has 11 heteroatoms. The average molecular weight is 350 g/mol. The second kappa shape index (κ2) is 5.90. The molecule has 0 aliphatic heterocycles. The van der Waals surface area contributed by atoms with Crippen molar-refractivity contribution in [2.24, 2.45) is 0 Å². The highest BCUT2D eigenvalue weighted by molar-refractivity contribution is 5.85. The predicted octanol–water partition coefficient (Wildman–Crippen LogP) is 2.26. The summed E-state index contributed by atoms with van der Waals surface area (Å²) in [5.41, 5.74) is 7.76. The molecule has 0 aromatic carbocycles. The van der Waals surface area contributed by atoms with Crippen LogP contribution in [0.15, 0.2) is 16.8 Å². The van der Waals surface area contributed by atoms with Gasteiger partial charge >= 0.3 is 6.36 Å². The molecule has 0 saturated carbocycles. The Morgan fingerprint density at radius 1 is 1.28 bits per heavy atom. The van der Waals surface area contributed by atoms with Gasteiger partial charge in [-0.2, -0.15) is 5.26 Å². The molecule has 0 atom stereocenters. The van der Waals surface area contributed by atoms with Gasteiger partial charge in [-0.25, -0.2) is 14.6 Å². The van der Waals surface area contributed by atoms with Crippen LogP contribution in [0.4, 0.5) is 18.9 Å². The van der Waals surface area contributed by atoms with Gasteiger partial charge in [0, 0.05) is 23.4 Å². The lowest BCUT2D eigenvalue weighted by Gasteiger charge is -2.12. The molecule has 2 N–H and O–H groups in total. The first kappa shape index (κ1) is 16.4. The van der Waals surface area contributed by atoms with Crippen LogP contribution in [-0.4, -0.2) is 26.6 Å². The summed E-state index contributed by atoms with van der Waals surface area (Å²) in [4.78, 5) is 8.08. The molecule has 0 spiro atoms. The van der Waals surface area contributed by atoms with Crippen LogP contribution in [-0.2, 0) is 6.42 Å². The first-order valence-corrected chi connectivity index (χ1v) is 6.81. The van der Waals surface area contributed by atoms with Gasteiger partial charge < -0.3 is 10.5 Å². The van der Waals surface area contributed by atoms with Crippen LogP contribution in [0, 0.1) is 18.3 Å². The molecule has 25 heavy (non-hydrogen) atoms. The molecule has 0 radical (unpaired) electrons. The molecule has 0 amide bonds. The van der Waals surface area contributed by atoms with Crippen LogP contribution in [0.5, 0.6) is 5.75 Å². The maximum absolute atomic E-state index is 12.3. The van der Waals surface area contributed by atoms with Crippen LogP contribution >= 0.6 is 0 Å². The van der Waals surface area contributed by atoms with Crippen molar-refractivity contribution in [3.63, 3.8) is 0 Å². The molecule has 0 aliphatic carbocycles. The van der Waals surface area contributed by atoms with E-state index in [1.807, 2.05) is 0 Å². The highest BCUT2D eigenvalue weighted by atomic mass is 19.4. The molecule has 128 valence electrons. The van der Waals surface area contributed by atoms with Crippen molar-refractivity contribution in [1.82, 2.24) is 20.3 Å². The van der Waals surface area contributed by atoms with Crippen molar-refractivity contribution in [1.29, 1.82) is 5.26 Å². The topological polar surface area (TPSA) is 124 Å². The molecular formula is C14H9F3N6O2. The molecule has 8 nitrogen and oxygen atoms in total. The molecular weight excluding hydrogens is 341 g/mol. The van der Waals surface area contributed by atoms with Crippen LogP contribution in [0.3, 0.4) is 0 Å². The first-order valence-electron chi connectivity index (χ1n) is 6.81. The lowest BCUT2D eigenvalue weighted by Crippen LogP contribution is -2.18. The number of rotatable bonds is 3. The minimum Gasteiger partial charge on any atom is -0.403 e. The maximum atomic E-state index is 12.3. The van der Waals surface area contributed by atoms with E-state index in [-0.39, 0.29) is 23.3 Å². The number of halogens is 3. The molecule has 0 aliphatic rings. The van der Waals surface area contributed by atoms with Gasteiger partial charge in [0.05, 0.1) is 5.69 Å². The molecule has 3 heterocycles. The minimum atomic E-state index is -4.91. The second-order valence-electron chi connectivity index (χ2n) is 5.01. The number of pyridine rings is 2. The fourth-order valence-corrected chi connectivity index (χ4v) is 2.27. The van der Waals surface area contributed by atoms with Gasteiger partial charge in [-0.1, -0.05) is 0 Å². The fourth-order valence-electron chi connectivity index (χ4n) is 2.27. The van der Waals surface area contributed by atoms with Crippen molar-refractivity contribution < 1.29 is 22.5 Å². The molecule has 3 rings (SSSR count). The minimum absolute atomic E-state index is 0.133. The highest BCUT2D eigenvalue weighted by Crippen LogP contribution is 2.28. The Morgan fingerprint density at radius 3 is 2.72 bits per heavy atom. The van der Waals surface area contributed by atoms with E-state index in [4.69, 9.17) is 11.0 Å². The quantitative estimate of drug-likeness (QED) is 0.763. The van der Waals surface area contributed by atoms with Crippen LogP contribution in [0.2, 0.25) is 0 Å². The third-order valence-electron chi connectivity index (χ3n) is 3.37. The van der Waals surface area contributed by atoms with E-state index in [1.54, 1.807) is 13.0 Å². The number of aryl methyl sites for hydroxylation is 1. The standard InChI is InChI=1S/C14H9F3N6O2/c1-6-8(11(19)12-13(20-6)23-25-22-12)4-7-2-3-10(9(5-18)21-7)24-14(15,16)17/h2-3H,4,19H2,1H3. The van der Waals surface area contributed by atoms with Crippen molar-refractivity contribution in [3.8, 4) is 11.8 Å².